The second-order valence-corrected chi connectivity index (χ2v) is 5.03. The molecule has 74 valence electrons. The van der Waals surface area contributed by atoms with Crippen molar-refractivity contribution < 1.29 is 9.53 Å². The Morgan fingerprint density at radius 2 is 2.31 bits per heavy atom. The fraction of sp³-hybridized carbons (Fsp3) is 0.900. The highest BCUT2D eigenvalue weighted by Gasteiger charge is 2.26. The van der Waals surface area contributed by atoms with Crippen LogP contribution in [0.3, 0.4) is 0 Å². The van der Waals surface area contributed by atoms with Crippen molar-refractivity contribution in [2.24, 2.45) is 5.92 Å². The van der Waals surface area contributed by atoms with Gasteiger partial charge in [-0.2, -0.15) is 11.8 Å². The first-order valence-corrected chi connectivity index (χ1v) is 6.24. The molecule has 0 bridgehead atoms. The van der Waals surface area contributed by atoms with Gasteiger partial charge in [-0.25, -0.2) is 0 Å². The van der Waals surface area contributed by atoms with Crippen molar-refractivity contribution in [1.29, 1.82) is 0 Å². The minimum atomic E-state index is -0.0856. The van der Waals surface area contributed by atoms with Crippen LogP contribution in [0.25, 0.3) is 0 Å². The molecule has 3 heteroatoms. The summed E-state index contributed by atoms with van der Waals surface area (Å²) < 4.78 is 5.42. The number of hydrogen-bond acceptors (Lipinski definition) is 3. The standard InChI is InChI=1S/C10H16O2S/c11-9(4-3-8-1-2-8)10-7-13-6-5-12-10/h8,10H,1-7H2. The Bertz CT molecular complexity index is 183. The lowest BCUT2D eigenvalue weighted by Crippen LogP contribution is -2.31. The smallest absolute Gasteiger partial charge is 0.162 e. The molecule has 2 nitrogen and oxygen atoms in total. The van der Waals surface area contributed by atoms with E-state index in [4.69, 9.17) is 4.74 Å². The van der Waals surface area contributed by atoms with E-state index in [-0.39, 0.29) is 6.10 Å². The number of thioether (sulfide) groups is 1. The summed E-state index contributed by atoms with van der Waals surface area (Å²) in [5.74, 6) is 3.12. The summed E-state index contributed by atoms with van der Waals surface area (Å²) in [6, 6.07) is 0. The van der Waals surface area contributed by atoms with E-state index in [0.717, 1.165) is 36.9 Å². The Morgan fingerprint density at radius 3 is 2.92 bits per heavy atom. The van der Waals surface area contributed by atoms with Crippen molar-refractivity contribution in [2.75, 3.05) is 18.1 Å². The van der Waals surface area contributed by atoms with Gasteiger partial charge < -0.3 is 4.74 Å². The van der Waals surface area contributed by atoms with E-state index in [1.165, 1.54) is 12.8 Å². The van der Waals surface area contributed by atoms with Crippen molar-refractivity contribution in [3.05, 3.63) is 0 Å². The number of rotatable bonds is 4. The lowest BCUT2D eigenvalue weighted by molar-refractivity contribution is -0.129. The topological polar surface area (TPSA) is 26.3 Å². The number of carbonyl (C=O) groups is 1. The molecular formula is C10H16O2S. The van der Waals surface area contributed by atoms with Gasteiger partial charge in [0.15, 0.2) is 5.78 Å². The zero-order chi connectivity index (χ0) is 9.10. The van der Waals surface area contributed by atoms with Gasteiger partial charge in [-0.1, -0.05) is 12.8 Å². The Morgan fingerprint density at radius 1 is 1.46 bits per heavy atom. The van der Waals surface area contributed by atoms with E-state index in [1.54, 1.807) is 0 Å². The Hall–Kier alpha value is -0.0200. The molecule has 0 aromatic heterocycles. The van der Waals surface area contributed by atoms with Crippen LogP contribution in [0.15, 0.2) is 0 Å². The molecule has 2 aliphatic rings. The zero-order valence-electron chi connectivity index (χ0n) is 7.83. The second-order valence-electron chi connectivity index (χ2n) is 3.88. The third kappa shape index (κ3) is 2.99. The highest BCUT2D eigenvalue weighted by molar-refractivity contribution is 7.99. The van der Waals surface area contributed by atoms with Crippen LogP contribution in [-0.4, -0.2) is 30.0 Å². The van der Waals surface area contributed by atoms with Crippen LogP contribution in [0.5, 0.6) is 0 Å². The third-order valence-electron chi connectivity index (χ3n) is 2.67. The van der Waals surface area contributed by atoms with E-state index in [0.29, 0.717) is 5.78 Å². The largest absolute Gasteiger partial charge is 0.369 e. The van der Waals surface area contributed by atoms with Crippen LogP contribution in [0.2, 0.25) is 0 Å². The Kier molecular flexibility index (Phi) is 3.28. The summed E-state index contributed by atoms with van der Waals surface area (Å²) in [5, 5.41) is 0. The van der Waals surface area contributed by atoms with Gasteiger partial charge >= 0.3 is 0 Å². The van der Waals surface area contributed by atoms with E-state index in [9.17, 15) is 4.79 Å². The molecule has 13 heavy (non-hydrogen) atoms. The lowest BCUT2D eigenvalue weighted by atomic mass is 10.1. The van der Waals surface area contributed by atoms with Crippen molar-refractivity contribution in [3.63, 3.8) is 0 Å². The molecule has 0 aromatic rings. The van der Waals surface area contributed by atoms with Gasteiger partial charge in [0.2, 0.25) is 0 Å². The maximum atomic E-state index is 11.6. The summed E-state index contributed by atoms with van der Waals surface area (Å²) >= 11 is 1.84. The number of ether oxygens (including phenoxy) is 1. The van der Waals surface area contributed by atoms with E-state index >= 15 is 0 Å². The average molecular weight is 200 g/mol. The quantitative estimate of drug-likeness (QED) is 0.693. The highest BCUT2D eigenvalue weighted by Crippen LogP contribution is 2.33. The van der Waals surface area contributed by atoms with E-state index in [2.05, 4.69) is 0 Å². The van der Waals surface area contributed by atoms with E-state index < -0.39 is 0 Å². The van der Waals surface area contributed by atoms with Crippen molar-refractivity contribution in [2.45, 2.75) is 31.8 Å². The van der Waals surface area contributed by atoms with Gasteiger partial charge in [0.25, 0.3) is 0 Å². The van der Waals surface area contributed by atoms with Gasteiger partial charge in [-0.15, -0.1) is 0 Å². The van der Waals surface area contributed by atoms with Gasteiger partial charge in [-0.05, 0) is 12.3 Å². The average Bonchev–Trinajstić information content (AvgIpc) is 2.99. The Balaban J connectivity index is 1.67. The summed E-state index contributed by atoms with van der Waals surface area (Å²) in [7, 11) is 0. The summed E-state index contributed by atoms with van der Waals surface area (Å²) in [5.41, 5.74) is 0. The summed E-state index contributed by atoms with van der Waals surface area (Å²) in [4.78, 5) is 11.6. The SMILES string of the molecule is O=C(CCC1CC1)C1CSCCO1. The molecule has 0 radical (unpaired) electrons. The van der Waals surface area contributed by atoms with Gasteiger partial charge in [0.05, 0.1) is 6.61 Å². The lowest BCUT2D eigenvalue weighted by Gasteiger charge is -2.20. The summed E-state index contributed by atoms with van der Waals surface area (Å²) in [6.07, 6.45) is 4.44. The molecule has 1 atom stereocenters. The van der Waals surface area contributed by atoms with Crippen LogP contribution in [0.1, 0.15) is 25.7 Å². The van der Waals surface area contributed by atoms with Crippen molar-refractivity contribution >= 4 is 17.5 Å². The monoisotopic (exact) mass is 200 g/mol. The van der Waals surface area contributed by atoms with Crippen molar-refractivity contribution in [1.82, 2.24) is 0 Å². The van der Waals surface area contributed by atoms with Crippen LogP contribution >= 0.6 is 11.8 Å². The highest BCUT2D eigenvalue weighted by atomic mass is 32.2. The fourth-order valence-corrected chi connectivity index (χ4v) is 2.46. The van der Waals surface area contributed by atoms with Crippen LogP contribution in [-0.2, 0) is 9.53 Å². The Labute approximate surface area is 83.4 Å². The molecule has 2 rings (SSSR count). The van der Waals surface area contributed by atoms with E-state index in [1.807, 2.05) is 11.8 Å². The van der Waals surface area contributed by atoms with Crippen LogP contribution in [0.4, 0.5) is 0 Å². The van der Waals surface area contributed by atoms with Gasteiger partial charge in [-0.3, -0.25) is 4.79 Å². The molecule has 0 amide bonds. The molecular weight excluding hydrogens is 184 g/mol. The molecule has 1 saturated carbocycles. The number of Topliss-reactive ketones (excluding diaryl/α,β-unsaturated/α-hetero) is 1. The van der Waals surface area contributed by atoms with Gasteiger partial charge in [0, 0.05) is 17.9 Å². The van der Waals surface area contributed by atoms with Crippen LogP contribution in [0, 0.1) is 5.92 Å². The molecule has 0 spiro atoms. The number of ketones is 1. The molecule has 1 aliphatic heterocycles. The molecule has 2 fully saturated rings. The van der Waals surface area contributed by atoms with Gasteiger partial charge in [0.1, 0.15) is 6.10 Å². The maximum Gasteiger partial charge on any atom is 0.162 e. The first kappa shape index (κ1) is 9.53. The molecule has 1 heterocycles. The molecule has 1 aliphatic carbocycles. The molecule has 1 saturated heterocycles. The first-order valence-electron chi connectivity index (χ1n) is 5.08. The second kappa shape index (κ2) is 4.47. The third-order valence-corrected chi connectivity index (χ3v) is 3.66. The zero-order valence-corrected chi connectivity index (χ0v) is 8.65. The molecule has 0 aromatic carbocycles. The molecule has 0 N–H and O–H groups in total. The summed E-state index contributed by atoms with van der Waals surface area (Å²) in [6.45, 7) is 0.754. The predicted octanol–water partition coefficient (Wildman–Crippen LogP) is 1.88. The number of hydrogen-bond donors (Lipinski definition) is 0. The number of carbonyl (C=O) groups excluding carboxylic acids is 1. The minimum absolute atomic E-state index is 0.0856. The molecule has 1 unspecified atom stereocenters. The van der Waals surface area contributed by atoms with Crippen LogP contribution < -0.4 is 0 Å². The minimum Gasteiger partial charge on any atom is -0.369 e. The predicted molar refractivity (Wildman–Crippen MR) is 54.0 cm³/mol. The first-order chi connectivity index (χ1) is 6.36. The maximum absolute atomic E-state index is 11.6. The fourth-order valence-electron chi connectivity index (χ4n) is 1.59. The van der Waals surface area contributed by atoms with Crippen molar-refractivity contribution in [3.8, 4) is 0 Å². The normalized spacial score (nSPS) is 28.8.